The molecule has 6 nitrogen and oxygen atoms in total. The van der Waals surface area contributed by atoms with Crippen LogP contribution in [0.25, 0.3) is 11.1 Å². The third kappa shape index (κ3) is 4.24. The minimum atomic E-state index is -0.798. The topological polar surface area (TPSA) is 81.9 Å². The summed E-state index contributed by atoms with van der Waals surface area (Å²) < 4.78 is 10.5. The summed E-state index contributed by atoms with van der Waals surface area (Å²) in [5.41, 5.74) is 9.67. The van der Waals surface area contributed by atoms with E-state index in [1.807, 2.05) is 48.5 Å². The first-order valence-corrected chi connectivity index (χ1v) is 10.2. The second kappa shape index (κ2) is 10.1. The van der Waals surface area contributed by atoms with Crippen LogP contribution in [0.2, 0.25) is 0 Å². The Balaban J connectivity index is 2.08. The second-order valence-electron chi connectivity index (χ2n) is 7.17. The molecule has 158 valence electrons. The fraction of sp³-hybridized carbons (Fsp3) is 0.333. The monoisotopic (exact) mass is 408 g/mol. The standard InChI is InChI=1S/C24H28N2O4/c1-3-16-30-23(27)21(14-8-9-15-25)26(24(28)29-2)22-19-12-6-4-10-17(19)18-11-5-7-13-20(18)22/h3-7,10-13,21-22H,1,8-9,14-16,25H2,2H3. The van der Waals surface area contributed by atoms with Gasteiger partial charge in [0.1, 0.15) is 12.6 Å². The second-order valence-corrected chi connectivity index (χ2v) is 7.17. The maximum atomic E-state index is 13.0. The van der Waals surface area contributed by atoms with E-state index in [2.05, 4.69) is 6.58 Å². The SMILES string of the molecule is C=CCOC(=O)C(CCCCN)N(C(=O)OC)C1c2ccccc2-c2ccccc21. The molecule has 0 saturated carbocycles. The number of amides is 1. The molecule has 1 unspecified atom stereocenters. The molecule has 1 atom stereocenters. The zero-order chi connectivity index (χ0) is 21.5. The number of hydrogen-bond donors (Lipinski definition) is 1. The van der Waals surface area contributed by atoms with Crippen LogP contribution < -0.4 is 5.73 Å². The lowest BCUT2D eigenvalue weighted by Gasteiger charge is -2.35. The first kappa shape index (κ1) is 21.6. The highest BCUT2D eigenvalue weighted by atomic mass is 16.6. The molecule has 0 radical (unpaired) electrons. The highest BCUT2D eigenvalue weighted by Crippen LogP contribution is 2.47. The van der Waals surface area contributed by atoms with Crippen LogP contribution in [0.4, 0.5) is 4.79 Å². The molecule has 0 bridgehead atoms. The summed E-state index contributed by atoms with van der Waals surface area (Å²) in [4.78, 5) is 27.5. The molecule has 0 fully saturated rings. The highest BCUT2D eigenvalue weighted by Gasteiger charge is 2.42. The van der Waals surface area contributed by atoms with Crippen molar-refractivity contribution in [3.05, 3.63) is 72.3 Å². The van der Waals surface area contributed by atoms with Crippen molar-refractivity contribution in [1.29, 1.82) is 0 Å². The number of nitrogens with zero attached hydrogens (tertiary/aromatic N) is 1. The number of hydrogen-bond acceptors (Lipinski definition) is 5. The average Bonchev–Trinajstić information content (AvgIpc) is 3.11. The summed E-state index contributed by atoms with van der Waals surface area (Å²) in [6.45, 7) is 4.20. The van der Waals surface area contributed by atoms with E-state index in [4.69, 9.17) is 15.2 Å². The number of carbonyl (C=O) groups excluding carboxylic acids is 2. The number of carbonyl (C=O) groups is 2. The van der Waals surface area contributed by atoms with E-state index in [-0.39, 0.29) is 6.61 Å². The van der Waals surface area contributed by atoms with Crippen molar-refractivity contribution in [2.24, 2.45) is 5.73 Å². The highest BCUT2D eigenvalue weighted by molar-refractivity contribution is 5.85. The lowest BCUT2D eigenvalue weighted by Crippen LogP contribution is -2.47. The van der Waals surface area contributed by atoms with Crippen LogP contribution in [0.3, 0.4) is 0 Å². The predicted molar refractivity (Wildman–Crippen MR) is 116 cm³/mol. The molecule has 0 heterocycles. The summed E-state index contributed by atoms with van der Waals surface area (Å²) in [6, 6.07) is 14.6. The largest absolute Gasteiger partial charge is 0.460 e. The first-order valence-electron chi connectivity index (χ1n) is 10.2. The number of rotatable bonds is 9. The maximum absolute atomic E-state index is 13.0. The van der Waals surface area contributed by atoms with Gasteiger partial charge in [-0.15, -0.1) is 0 Å². The van der Waals surface area contributed by atoms with E-state index >= 15 is 0 Å². The third-order valence-electron chi connectivity index (χ3n) is 5.35. The molecule has 0 spiro atoms. The summed E-state index contributed by atoms with van der Waals surface area (Å²) in [5, 5.41) is 0. The Labute approximate surface area is 177 Å². The van der Waals surface area contributed by atoms with Crippen molar-refractivity contribution >= 4 is 12.1 Å². The molecule has 0 aromatic heterocycles. The molecular weight excluding hydrogens is 380 g/mol. The van der Waals surface area contributed by atoms with Crippen molar-refractivity contribution in [2.45, 2.75) is 31.3 Å². The molecule has 30 heavy (non-hydrogen) atoms. The molecule has 2 N–H and O–H groups in total. The fourth-order valence-corrected chi connectivity index (χ4v) is 4.04. The van der Waals surface area contributed by atoms with Crippen molar-refractivity contribution in [1.82, 2.24) is 4.90 Å². The van der Waals surface area contributed by atoms with E-state index in [0.717, 1.165) is 28.7 Å². The average molecular weight is 408 g/mol. The molecule has 0 saturated heterocycles. The van der Waals surface area contributed by atoms with Gasteiger partial charge in [0.2, 0.25) is 0 Å². The van der Waals surface area contributed by atoms with Gasteiger partial charge >= 0.3 is 12.1 Å². The molecule has 1 aliphatic rings. The van der Waals surface area contributed by atoms with Gasteiger partial charge in [0.15, 0.2) is 0 Å². The van der Waals surface area contributed by atoms with Crippen molar-refractivity contribution in [3.8, 4) is 11.1 Å². The summed E-state index contributed by atoms with van der Waals surface area (Å²) >= 11 is 0. The van der Waals surface area contributed by atoms with Gasteiger partial charge in [-0.05, 0) is 48.1 Å². The van der Waals surface area contributed by atoms with E-state index in [0.29, 0.717) is 19.4 Å². The lowest BCUT2D eigenvalue weighted by molar-refractivity contribution is -0.149. The number of unbranched alkanes of at least 4 members (excludes halogenated alkanes) is 1. The van der Waals surface area contributed by atoms with Gasteiger partial charge in [-0.3, -0.25) is 4.90 Å². The van der Waals surface area contributed by atoms with Crippen LogP contribution in [-0.2, 0) is 14.3 Å². The fourth-order valence-electron chi connectivity index (χ4n) is 4.04. The van der Waals surface area contributed by atoms with Crippen LogP contribution in [0.15, 0.2) is 61.2 Å². The number of esters is 1. The first-order chi connectivity index (χ1) is 14.6. The number of benzene rings is 2. The Morgan fingerprint density at radius 1 is 1.10 bits per heavy atom. The van der Waals surface area contributed by atoms with Gasteiger partial charge in [0.05, 0.1) is 13.2 Å². The number of nitrogens with two attached hydrogens (primary N) is 1. The van der Waals surface area contributed by atoms with Crippen LogP contribution in [0, 0.1) is 0 Å². The van der Waals surface area contributed by atoms with Crippen molar-refractivity contribution < 1.29 is 19.1 Å². The normalized spacial score (nSPS) is 13.1. The molecule has 1 aliphatic carbocycles. The molecule has 2 aromatic carbocycles. The Morgan fingerprint density at radius 3 is 2.23 bits per heavy atom. The Morgan fingerprint density at radius 2 is 1.70 bits per heavy atom. The van der Waals surface area contributed by atoms with Gasteiger partial charge in [-0.1, -0.05) is 61.2 Å². The lowest BCUT2D eigenvalue weighted by atomic mass is 9.99. The molecule has 1 amide bonds. The van der Waals surface area contributed by atoms with Crippen molar-refractivity contribution in [3.63, 3.8) is 0 Å². The van der Waals surface area contributed by atoms with Crippen LogP contribution >= 0.6 is 0 Å². The predicted octanol–water partition coefficient (Wildman–Crippen LogP) is 4.05. The quantitative estimate of drug-likeness (QED) is 0.385. The van der Waals surface area contributed by atoms with Crippen LogP contribution in [0.5, 0.6) is 0 Å². The van der Waals surface area contributed by atoms with E-state index in [1.165, 1.54) is 18.1 Å². The molecule has 6 heteroatoms. The van der Waals surface area contributed by atoms with E-state index < -0.39 is 24.1 Å². The minimum Gasteiger partial charge on any atom is -0.460 e. The number of ether oxygens (including phenoxy) is 2. The zero-order valence-corrected chi connectivity index (χ0v) is 17.3. The third-order valence-corrected chi connectivity index (χ3v) is 5.35. The summed E-state index contributed by atoms with van der Waals surface area (Å²) in [5.74, 6) is -0.473. The van der Waals surface area contributed by atoms with Crippen LogP contribution in [-0.4, -0.2) is 43.3 Å². The van der Waals surface area contributed by atoms with Gasteiger partial charge < -0.3 is 15.2 Å². The van der Waals surface area contributed by atoms with E-state index in [9.17, 15) is 9.59 Å². The van der Waals surface area contributed by atoms with Gasteiger partial charge in [-0.2, -0.15) is 0 Å². The molecular formula is C24H28N2O4. The molecule has 2 aromatic rings. The smallest absolute Gasteiger partial charge is 0.411 e. The minimum absolute atomic E-state index is 0.0824. The molecule has 3 rings (SSSR count). The zero-order valence-electron chi connectivity index (χ0n) is 17.3. The summed E-state index contributed by atoms with van der Waals surface area (Å²) in [7, 11) is 1.33. The summed E-state index contributed by atoms with van der Waals surface area (Å²) in [6.07, 6.45) is 2.81. The Kier molecular flexibility index (Phi) is 7.25. The number of methoxy groups -OCH3 is 1. The Bertz CT molecular complexity index is 866. The Hall–Kier alpha value is -3.12. The van der Waals surface area contributed by atoms with Gasteiger partial charge in [-0.25, -0.2) is 9.59 Å². The molecule has 0 aliphatic heterocycles. The maximum Gasteiger partial charge on any atom is 0.411 e. The van der Waals surface area contributed by atoms with E-state index in [1.54, 1.807) is 0 Å². The van der Waals surface area contributed by atoms with Crippen LogP contribution in [0.1, 0.15) is 36.4 Å². The van der Waals surface area contributed by atoms with Gasteiger partial charge in [0, 0.05) is 0 Å². The van der Waals surface area contributed by atoms with Crippen molar-refractivity contribution in [2.75, 3.05) is 20.3 Å². The number of fused-ring (bicyclic) bond motifs is 3. The van der Waals surface area contributed by atoms with Gasteiger partial charge in [0.25, 0.3) is 0 Å².